The van der Waals surface area contributed by atoms with Crippen LogP contribution in [0, 0.1) is 19.9 Å². The molecule has 0 atom stereocenters. The monoisotopic (exact) mass is 356 g/mol. The van der Waals surface area contributed by atoms with E-state index in [1.807, 2.05) is 0 Å². The Labute approximate surface area is 96.2 Å². The summed E-state index contributed by atoms with van der Waals surface area (Å²) in [7, 11) is 0. The van der Waals surface area contributed by atoms with E-state index in [9.17, 15) is 0 Å². The van der Waals surface area contributed by atoms with Gasteiger partial charge in [-0.1, -0.05) is 39.5 Å². The molecule has 13 heavy (non-hydrogen) atoms. The maximum Gasteiger partial charge on any atom is 1.00 e. The fraction of sp³-hybridized carbons (Fsp3) is 0.500. The Hall–Kier alpha value is -0.0397. The van der Waals surface area contributed by atoms with E-state index in [0.717, 1.165) is 0 Å². The minimum atomic E-state index is 0. The van der Waals surface area contributed by atoms with E-state index in [0.29, 0.717) is 0 Å². The molecule has 1 aliphatic carbocycles. The Morgan fingerprint density at radius 2 is 1.85 bits per heavy atom. The van der Waals surface area contributed by atoms with Gasteiger partial charge in [0.15, 0.2) is 0 Å². The Balaban J connectivity index is 0.000000845. The van der Waals surface area contributed by atoms with E-state index in [2.05, 4.69) is 26.0 Å². The number of hydrogen-bond donors (Lipinski definition) is 0. The molecule has 0 N–H and O–H groups in total. The van der Waals surface area contributed by atoms with Crippen LogP contribution in [0.25, 0.3) is 0 Å². The zero-order valence-electron chi connectivity index (χ0n) is 8.21. The average Bonchev–Trinajstić information content (AvgIpc) is 2.07. The molecular formula is C12H15Au. The largest absolute Gasteiger partial charge is 1.00 e. The maximum absolute atomic E-state index is 3.50. The molecule has 0 radical (unpaired) electrons. The first kappa shape index (κ1) is 11.0. The molecule has 0 nitrogen and oxygen atoms in total. The zero-order chi connectivity index (χ0) is 8.55. The van der Waals surface area contributed by atoms with Crippen molar-refractivity contribution in [3.8, 4) is 0 Å². The summed E-state index contributed by atoms with van der Waals surface area (Å²) in [6.45, 7) is 4.34. The molecule has 1 heteroatoms. The Morgan fingerprint density at radius 3 is 2.62 bits per heavy atom. The van der Waals surface area contributed by atoms with Crippen molar-refractivity contribution in [1.29, 1.82) is 0 Å². The van der Waals surface area contributed by atoms with E-state index >= 15 is 0 Å². The van der Waals surface area contributed by atoms with Gasteiger partial charge < -0.3 is 0 Å². The van der Waals surface area contributed by atoms with E-state index in [1.165, 1.54) is 42.4 Å². The van der Waals surface area contributed by atoms with Crippen LogP contribution in [-0.4, -0.2) is 0 Å². The Kier molecular flexibility index (Phi) is 3.78. The van der Waals surface area contributed by atoms with E-state index in [-0.39, 0.29) is 22.4 Å². The van der Waals surface area contributed by atoms with Crippen molar-refractivity contribution in [2.75, 3.05) is 0 Å². The van der Waals surface area contributed by atoms with Gasteiger partial charge in [0.05, 0.1) is 0 Å². The van der Waals surface area contributed by atoms with Crippen LogP contribution in [0.1, 0.15) is 35.1 Å². The molecular weight excluding hydrogens is 341 g/mol. The predicted molar refractivity (Wildman–Crippen MR) is 51.4 cm³/mol. The minimum Gasteiger partial charge on any atom is -0.177 e. The average molecular weight is 356 g/mol. The maximum atomic E-state index is 3.50. The molecule has 0 heterocycles. The molecule has 1 aromatic carbocycles. The van der Waals surface area contributed by atoms with Gasteiger partial charge in [0, 0.05) is 0 Å². The van der Waals surface area contributed by atoms with Crippen molar-refractivity contribution in [1.82, 2.24) is 0 Å². The number of benzene rings is 1. The molecule has 0 fully saturated rings. The fourth-order valence-corrected chi connectivity index (χ4v) is 1.93. The number of fused-ring (bicyclic) bond motifs is 1. The molecule has 1 aliphatic rings. The van der Waals surface area contributed by atoms with Crippen molar-refractivity contribution in [2.45, 2.75) is 39.5 Å². The van der Waals surface area contributed by atoms with Crippen molar-refractivity contribution < 1.29 is 22.4 Å². The first-order chi connectivity index (χ1) is 5.77. The van der Waals surface area contributed by atoms with Crippen LogP contribution in [0.3, 0.4) is 0 Å². The van der Waals surface area contributed by atoms with Crippen LogP contribution in [0.2, 0.25) is 0 Å². The topological polar surface area (TPSA) is 0 Å². The van der Waals surface area contributed by atoms with Gasteiger partial charge in [0.2, 0.25) is 0 Å². The molecule has 0 spiro atoms. The van der Waals surface area contributed by atoms with Crippen LogP contribution < -0.4 is 0 Å². The normalized spacial score (nSPS) is 14.6. The summed E-state index contributed by atoms with van der Waals surface area (Å²) in [4.78, 5) is 0. The quantitative estimate of drug-likeness (QED) is 0.495. The third-order valence-electron chi connectivity index (χ3n) is 2.83. The van der Waals surface area contributed by atoms with Crippen LogP contribution >= 0.6 is 0 Å². The van der Waals surface area contributed by atoms with Gasteiger partial charge in [-0.3, -0.25) is 0 Å². The van der Waals surface area contributed by atoms with Crippen LogP contribution in [0.4, 0.5) is 0 Å². The Morgan fingerprint density at radius 1 is 1.15 bits per heavy atom. The second-order valence-corrected chi connectivity index (χ2v) is 3.79. The second-order valence-electron chi connectivity index (χ2n) is 3.79. The number of aryl methyl sites for hydroxylation is 4. The van der Waals surface area contributed by atoms with Gasteiger partial charge in [0.1, 0.15) is 0 Å². The number of rotatable bonds is 0. The van der Waals surface area contributed by atoms with Crippen LogP contribution in [0.15, 0.2) is 6.07 Å². The van der Waals surface area contributed by atoms with Crippen molar-refractivity contribution >= 4 is 0 Å². The summed E-state index contributed by atoms with van der Waals surface area (Å²) in [5.41, 5.74) is 5.75. The van der Waals surface area contributed by atoms with Gasteiger partial charge in [-0.25, -0.2) is 0 Å². The summed E-state index contributed by atoms with van der Waals surface area (Å²) >= 11 is 0. The van der Waals surface area contributed by atoms with Gasteiger partial charge in [-0.2, -0.15) is 34.4 Å². The van der Waals surface area contributed by atoms with Crippen LogP contribution in [-0.2, 0) is 35.2 Å². The van der Waals surface area contributed by atoms with E-state index < -0.39 is 0 Å². The second kappa shape index (κ2) is 4.45. The molecule has 0 aliphatic heterocycles. The molecule has 0 unspecified atom stereocenters. The molecule has 0 saturated carbocycles. The third-order valence-corrected chi connectivity index (χ3v) is 2.83. The predicted octanol–water partition coefficient (Wildman–Crippen LogP) is 2.98. The number of hydrogen-bond acceptors (Lipinski definition) is 0. The Bertz CT molecular complexity index is 271. The smallest absolute Gasteiger partial charge is 0.177 e. The summed E-state index contributed by atoms with van der Waals surface area (Å²) in [6, 6.07) is 5.84. The zero-order valence-corrected chi connectivity index (χ0v) is 10.4. The molecule has 0 amide bonds. The van der Waals surface area contributed by atoms with Crippen LogP contribution in [0.5, 0.6) is 0 Å². The van der Waals surface area contributed by atoms with Crippen molar-refractivity contribution in [2.24, 2.45) is 0 Å². The van der Waals surface area contributed by atoms with Crippen molar-refractivity contribution in [3.63, 3.8) is 0 Å². The molecule has 1 aromatic rings. The van der Waals surface area contributed by atoms with E-state index in [4.69, 9.17) is 0 Å². The minimum absolute atomic E-state index is 0. The molecule has 0 bridgehead atoms. The van der Waals surface area contributed by atoms with Crippen molar-refractivity contribution in [3.05, 3.63) is 34.4 Å². The third kappa shape index (κ3) is 2.25. The van der Waals surface area contributed by atoms with Gasteiger partial charge in [-0.15, -0.1) is 0 Å². The fourth-order valence-electron chi connectivity index (χ4n) is 1.93. The SMILES string of the molecule is Cc1[c-]c2c(cc1C)CCCC2.[Au+]. The molecule has 0 saturated heterocycles. The van der Waals surface area contributed by atoms with Gasteiger partial charge in [-0.05, 0) is 0 Å². The van der Waals surface area contributed by atoms with E-state index in [1.54, 1.807) is 5.56 Å². The van der Waals surface area contributed by atoms with Gasteiger partial charge in [0.25, 0.3) is 0 Å². The molecule has 0 aromatic heterocycles. The first-order valence-corrected chi connectivity index (χ1v) is 4.78. The first-order valence-electron chi connectivity index (χ1n) is 4.78. The molecule has 2 rings (SSSR count). The standard InChI is InChI=1S/C12H15.Au/c1-9-7-11-5-3-4-6-12(11)8-10(9)2;/h7H,3-6H2,1-2H3;/q-1;+1. The summed E-state index contributed by atoms with van der Waals surface area (Å²) in [6.07, 6.45) is 5.23. The summed E-state index contributed by atoms with van der Waals surface area (Å²) in [5.74, 6) is 0. The summed E-state index contributed by atoms with van der Waals surface area (Å²) in [5, 5.41) is 0. The summed E-state index contributed by atoms with van der Waals surface area (Å²) < 4.78 is 0. The van der Waals surface area contributed by atoms with Gasteiger partial charge >= 0.3 is 22.4 Å². The molecule has 74 valence electrons.